The molecule has 0 radical (unpaired) electrons. The monoisotopic (exact) mass is 597 g/mol. The van der Waals surface area contributed by atoms with Crippen LogP contribution in [0.25, 0.3) is 11.2 Å². The van der Waals surface area contributed by atoms with Crippen molar-refractivity contribution in [2.45, 2.75) is 121 Å². The molecule has 10 nitrogen and oxygen atoms in total. The number of fused-ring (bicyclic) bond motifs is 1. The largest absolute Gasteiger partial charge is 0.365 e. The normalized spacial score (nSPS) is 22.0. The number of nitrogens with zero attached hydrogens (tertiary/aromatic N) is 5. The van der Waals surface area contributed by atoms with Crippen LogP contribution in [0, 0.1) is 0 Å². The Hall–Kier alpha value is -2.04. The second kappa shape index (κ2) is 15.8. The van der Waals surface area contributed by atoms with E-state index < -0.39 is 0 Å². The Morgan fingerprint density at radius 3 is 2.33 bits per heavy atom. The Balaban J connectivity index is 0.00000220. The molecule has 5 N–H and O–H groups in total. The number of urea groups is 1. The molecule has 1 saturated heterocycles. The van der Waals surface area contributed by atoms with Crippen LogP contribution in [0.5, 0.6) is 0 Å². The number of piperidine rings is 1. The van der Waals surface area contributed by atoms with Crippen molar-refractivity contribution in [3.63, 3.8) is 0 Å². The maximum Gasteiger partial charge on any atom is 0.317 e. The van der Waals surface area contributed by atoms with Crippen molar-refractivity contribution in [1.82, 2.24) is 29.7 Å². The van der Waals surface area contributed by atoms with Gasteiger partial charge in [-0.3, -0.25) is 0 Å². The van der Waals surface area contributed by atoms with Gasteiger partial charge in [0.15, 0.2) is 17.0 Å². The van der Waals surface area contributed by atoms with E-state index in [9.17, 15) is 4.79 Å². The number of hydrogen-bond acceptors (Lipinski definition) is 7. The Morgan fingerprint density at radius 1 is 0.925 bits per heavy atom. The fourth-order valence-electron chi connectivity index (χ4n) is 6.26. The van der Waals surface area contributed by atoms with E-state index in [2.05, 4.69) is 27.4 Å². The molecule has 0 aromatic carbocycles. The number of likely N-dealkylation sites (tertiary alicyclic amines) is 1. The van der Waals surface area contributed by atoms with Gasteiger partial charge < -0.3 is 31.2 Å². The van der Waals surface area contributed by atoms with E-state index in [0.717, 1.165) is 81.6 Å². The SMILES string of the molecule is CCCCCCNC(=O)N1CCC(Nc2nc(NC3CCC(N)CC3)nc3c2ncn3C2CCCC2)CC1.Cl.Cl. The van der Waals surface area contributed by atoms with Crippen LogP contribution >= 0.6 is 24.8 Å². The van der Waals surface area contributed by atoms with Crippen LogP contribution in [0.3, 0.4) is 0 Å². The Kier molecular flexibility index (Phi) is 12.8. The lowest BCUT2D eigenvalue weighted by Gasteiger charge is -2.32. The molecule has 2 saturated carbocycles. The van der Waals surface area contributed by atoms with Gasteiger partial charge in [-0.2, -0.15) is 9.97 Å². The van der Waals surface area contributed by atoms with Gasteiger partial charge in [-0.1, -0.05) is 39.0 Å². The number of carbonyl (C=O) groups excluding carboxylic acids is 1. The molecule has 0 atom stereocenters. The summed E-state index contributed by atoms with van der Waals surface area (Å²) in [5.74, 6) is 1.49. The van der Waals surface area contributed by atoms with E-state index in [-0.39, 0.29) is 36.9 Å². The molecule has 2 amide bonds. The van der Waals surface area contributed by atoms with Crippen LogP contribution in [0.2, 0.25) is 0 Å². The van der Waals surface area contributed by atoms with Gasteiger partial charge in [-0.25, -0.2) is 9.78 Å². The van der Waals surface area contributed by atoms with Gasteiger partial charge in [-0.05, 0) is 57.8 Å². The zero-order chi connectivity index (χ0) is 26.3. The molecular weight excluding hydrogens is 549 g/mol. The Labute approximate surface area is 251 Å². The third-order valence-electron chi connectivity index (χ3n) is 8.67. The van der Waals surface area contributed by atoms with Crippen LogP contribution in [0.15, 0.2) is 6.33 Å². The minimum atomic E-state index is 0. The molecule has 40 heavy (non-hydrogen) atoms. The van der Waals surface area contributed by atoms with Crippen molar-refractivity contribution >= 4 is 53.8 Å². The molecule has 1 aliphatic heterocycles. The number of carbonyl (C=O) groups is 1. The third kappa shape index (κ3) is 8.26. The smallest absolute Gasteiger partial charge is 0.317 e. The minimum absolute atomic E-state index is 0. The highest BCUT2D eigenvalue weighted by Crippen LogP contribution is 2.34. The highest BCUT2D eigenvalue weighted by atomic mass is 35.5. The molecule has 2 aromatic heterocycles. The molecule has 5 rings (SSSR count). The summed E-state index contributed by atoms with van der Waals surface area (Å²) in [5.41, 5.74) is 7.90. The van der Waals surface area contributed by atoms with Gasteiger partial charge >= 0.3 is 6.03 Å². The molecule has 3 fully saturated rings. The van der Waals surface area contributed by atoms with Gasteiger partial charge in [0.05, 0.1) is 6.33 Å². The van der Waals surface area contributed by atoms with Crippen LogP contribution in [0.4, 0.5) is 16.6 Å². The lowest BCUT2D eigenvalue weighted by atomic mass is 9.92. The van der Waals surface area contributed by atoms with Gasteiger partial charge in [0, 0.05) is 43.8 Å². The second-order valence-corrected chi connectivity index (χ2v) is 11.6. The number of unbranched alkanes of at least 4 members (excludes halogenated alkanes) is 3. The standard InChI is InChI=1S/C28H47N9O.2ClH/c1-2-3-4-7-16-30-28(38)36-17-14-22(15-18-36)32-25-24-26(37(19-31-24)23-8-5-6-9-23)35-27(34-25)33-21-12-10-20(29)11-13-21;;/h19-23H,2-18,29H2,1H3,(H,30,38)(H2,32,33,34,35);2*1H. The number of anilines is 2. The van der Waals surface area contributed by atoms with Crippen LogP contribution in [-0.4, -0.2) is 68.2 Å². The molecule has 2 aromatic rings. The Bertz CT molecular complexity index is 1050. The van der Waals surface area contributed by atoms with E-state index in [4.69, 9.17) is 20.7 Å². The summed E-state index contributed by atoms with van der Waals surface area (Å²) in [7, 11) is 0. The van der Waals surface area contributed by atoms with Crippen LogP contribution in [0.1, 0.15) is 103 Å². The number of hydrogen-bond donors (Lipinski definition) is 4. The first-order valence-corrected chi connectivity index (χ1v) is 15.2. The van der Waals surface area contributed by atoms with Gasteiger partial charge in [-0.15, -0.1) is 24.8 Å². The van der Waals surface area contributed by atoms with E-state index in [1.165, 1.54) is 44.9 Å². The highest BCUT2D eigenvalue weighted by molar-refractivity contribution is 5.86. The summed E-state index contributed by atoms with van der Waals surface area (Å²) >= 11 is 0. The summed E-state index contributed by atoms with van der Waals surface area (Å²) in [5, 5.41) is 10.4. The molecule has 12 heteroatoms. The fraction of sp³-hybridized carbons (Fsp3) is 0.786. The first-order chi connectivity index (χ1) is 18.6. The molecule has 0 unspecified atom stereocenters. The summed E-state index contributed by atoms with van der Waals surface area (Å²) in [6.45, 7) is 4.46. The summed E-state index contributed by atoms with van der Waals surface area (Å²) in [4.78, 5) is 29.2. The van der Waals surface area contributed by atoms with Crippen molar-refractivity contribution in [1.29, 1.82) is 0 Å². The van der Waals surface area contributed by atoms with E-state index in [1.54, 1.807) is 0 Å². The highest BCUT2D eigenvalue weighted by Gasteiger charge is 2.27. The molecule has 226 valence electrons. The number of rotatable bonds is 10. The summed E-state index contributed by atoms with van der Waals surface area (Å²) in [6.07, 6.45) is 17.5. The van der Waals surface area contributed by atoms with E-state index >= 15 is 0 Å². The number of nitrogens with two attached hydrogens (primary N) is 1. The summed E-state index contributed by atoms with van der Waals surface area (Å²) in [6, 6.07) is 1.45. The van der Waals surface area contributed by atoms with Crippen LogP contribution in [-0.2, 0) is 0 Å². The van der Waals surface area contributed by atoms with Gasteiger partial charge in [0.2, 0.25) is 5.95 Å². The average molecular weight is 599 g/mol. The minimum Gasteiger partial charge on any atom is -0.365 e. The van der Waals surface area contributed by atoms with E-state index in [0.29, 0.717) is 24.1 Å². The first-order valence-electron chi connectivity index (χ1n) is 15.2. The van der Waals surface area contributed by atoms with Crippen LogP contribution < -0.4 is 21.7 Å². The number of halogens is 2. The predicted molar refractivity (Wildman–Crippen MR) is 167 cm³/mol. The van der Waals surface area contributed by atoms with Crippen molar-refractivity contribution in [2.24, 2.45) is 5.73 Å². The number of nitrogens with one attached hydrogen (secondary N) is 3. The molecule has 3 aliphatic rings. The topological polar surface area (TPSA) is 126 Å². The molecule has 0 spiro atoms. The summed E-state index contributed by atoms with van der Waals surface area (Å²) < 4.78 is 2.27. The maximum atomic E-state index is 12.6. The van der Waals surface area contributed by atoms with Crippen molar-refractivity contribution in [2.75, 3.05) is 30.3 Å². The molecular formula is C28H49Cl2N9O. The zero-order valence-electron chi connectivity index (χ0n) is 23.9. The quantitative estimate of drug-likeness (QED) is 0.261. The van der Waals surface area contributed by atoms with Gasteiger partial charge in [0.25, 0.3) is 0 Å². The third-order valence-corrected chi connectivity index (χ3v) is 8.67. The van der Waals surface area contributed by atoms with Crippen molar-refractivity contribution in [3.05, 3.63) is 6.33 Å². The number of imidazole rings is 1. The molecule has 2 aliphatic carbocycles. The zero-order valence-corrected chi connectivity index (χ0v) is 25.6. The second-order valence-electron chi connectivity index (χ2n) is 11.6. The van der Waals surface area contributed by atoms with Gasteiger partial charge in [0.1, 0.15) is 0 Å². The lowest BCUT2D eigenvalue weighted by molar-refractivity contribution is 0.183. The first kappa shape index (κ1) is 32.5. The predicted octanol–water partition coefficient (Wildman–Crippen LogP) is 5.63. The Morgan fingerprint density at radius 2 is 1.62 bits per heavy atom. The van der Waals surface area contributed by atoms with Crippen molar-refractivity contribution < 1.29 is 4.79 Å². The lowest BCUT2D eigenvalue weighted by Crippen LogP contribution is -2.47. The maximum absolute atomic E-state index is 12.6. The molecule has 3 heterocycles. The number of amides is 2. The fourth-order valence-corrected chi connectivity index (χ4v) is 6.26. The molecule has 0 bridgehead atoms. The number of aromatic nitrogens is 4. The van der Waals surface area contributed by atoms with Crippen molar-refractivity contribution in [3.8, 4) is 0 Å². The average Bonchev–Trinajstić information content (AvgIpc) is 3.60. The van der Waals surface area contributed by atoms with E-state index in [1.807, 2.05) is 11.2 Å².